The van der Waals surface area contributed by atoms with Crippen molar-refractivity contribution in [2.24, 2.45) is 5.92 Å². The van der Waals surface area contributed by atoms with Gasteiger partial charge >= 0.3 is 0 Å². The summed E-state index contributed by atoms with van der Waals surface area (Å²) < 4.78 is 0. The first-order valence-electron chi connectivity index (χ1n) is 6.18. The van der Waals surface area contributed by atoms with Gasteiger partial charge in [0.15, 0.2) is 0 Å². The number of hydrogen-bond acceptors (Lipinski definition) is 3. The van der Waals surface area contributed by atoms with Crippen LogP contribution in [0.3, 0.4) is 0 Å². The standard InChI is InChI=1S/C12H27N3/c1-11(13-2)12-5-7-15(8-6-12)10-9-14(3)4/h11-13H,5-10H2,1-4H3. The number of hydrogen-bond donors (Lipinski definition) is 1. The molecule has 0 bridgehead atoms. The topological polar surface area (TPSA) is 18.5 Å². The Morgan fingerprint density at radius 3 is 2.40 bits per heavy atom. The van der Waals surface area contributed by atoms with Gasteiger partial charge in [0.1, 0.15) is 0 Å². The molecule has 0 aromatic carbocycles. The first kappa shape index (κ1) is 12.9. The second-order valence-corrected chi connectivity index (χ2v) is 5.06. The van der Waals surface area contributed by atoms with Crippen molar-refractivity contribution < 1.29 is 0 Å². The van der Waals surface area contributed by atoms with Crippen LogP contribution in [0.25, 0.3) is 0 Å². The molecule has 3 nitrogen and oxygen atoms in total. The van der Waals surface area contributed by atoms with Gasteiger partial charge in [-0.15, -0.1) is 0 Å². The monoisotopic (exact) mass is 213 g/mol. The summed E-state index contributed by atoms with van der Waals surface area (Å²) in [6, 6.07) is 0.681. The lowest BCUT2D eigenvalue weighted by Gasteiger charge is -2.35. The zero-order valence-electron chi connectivity index (χ0n) is 10.8. The Labute approximate surface area is 94.8 Å². The summed E-state index contributed by atoms with van der Waals surface area (Å²) in [5, 5.41) is 3.37. The quantitative estimate of drug-likeness (QED) is 0.731. The van der Waals surface area contributed by atoms with Crippen molar-refractivity contribution in [2.75, 3.05) is 47.3 Å². The lowest BCUT2D eigenvalue weighted by molar-refractivity contribution is 0.154. The molecule has 1 fully saturated rings. The van der Waals surface area contributed by atoms with Crippen molar-refractivity contribution in [1.29, 1.82) is 0 Å². The highest BCUT2D eigenvalue weighted by Gasteiger charge is 2.22. The first-order valence-corrected chi connectivity index (χ1v) is 6.18. The second kappa shape index (κ2) is 6.46. The average Bonchev–Trinajstić information content (AvgIpc) is 2.26. The molecular formula is C12H27N3. The Morgan fingerprint density at radius 2 is 1.93 bits per heavy atom. The SMILES string of the molecule is CNC(C)C1CCN(CCN(C)C)CC1. The molecule has 1 heterocycles. The van der Waals surface area contributed by atoms with E-state index in [-0.39, 0.29) is 0 Å². The van der Waals surface area contributed by atoms with Crippen molar-refractivity contribution >= 4 is 0 Å². The van der Waals surface area contributed by atoms with Gasteiger partial charge in [-0.1, -0.05) is 0 Å². The fourth-order valence-electron chi connectivity index (χ4n) is 2.25. The third-order valence-electron chi connectivity index (χ3n) is 3.66. The summed E-state index contributed by atoms with van der Waals surface area (Å²) in [6.07, 6.45) is 2.71. The minimum absolute atomic E-state index is 0.681. The summed E-state index contributed by atoms with van der Waals surface area (Å²) in [5.74, 6) is 0.880. The fourth-order valence-corrected chi connectivity index (χ4v) is 2.25. The van der Waals surface area contributed by atoms with Crippen LogP contribution in [-0.2, 0) is 0 Å². The van der Waals surface area contributed by atoms with Gasteiger partial charge in [0, 0.05) is 19.1 Å². The molecule has 1 unspecified atom stereocenters. The molecular weight excluding hydrogens is 186 g/mol. The molecule has 0 aromatic rings. The summed E-state index contributed by atoms with van der Waals surface area (Å²) in [5.41, 5.74) is 0. The van der Waals surface area contributed by atoms with E-state index >= 15 is 0 Å². The van der Waals surface area contributed by atoms with Crippen LogP contribution in [0, 0.1) is 5.92 Å². The van der Waals surface area contributed by atoms with Crippen LogP contribution < -0.4 is 5.32 Å². The Balaban J connectivity index is 2.18. The number of piperidine rings is 1. The maximum atomic E-state index is 3.37. The van der Waals surface area contributed by atoms with Crippen molar-refractivity contribution in [3.8, 4) is 0 Å². The minimum Gasteiger partial charge on any atom is -0.317 e. The lowest BCUT2D eigenvalue weighted by atomic mass is 9.90. The molecule has 0 aromatic heterocycles. The van der Waals surface area contributed by atoms with Gasteiger partial charge in [0.25, 0.3) is 0 Å². The summed E-state index contributed by atoms with van der Waals surface area (Å²) in [7, 11) is 6.37. The Morgan fingerprint density at radius 1 is 1.33 bits per heavy atom. The normalized spacial score (nSPS) is 22.2. The maximum absolute atomic E-state index is 3.37. The van der Waals surface area contributed by atoms with Gasteiger partial charge < -0.3 is 15.1 Å². The Hall–Kier alpha value is -0.120. The van der Waals surface area contributed by atoms with Crippen LogP contribution in [0.4, 0.5) is 0 Å². The number of rotatable bonds is 5. The number of nitrogens with zero attached hydrogens (tertiary/aromatic N) is 2. The highest BCUT2D eigenvalue weighted by atomic mass is 15.2. The van der Waals surface area contributed by atoms with Crippen LogP contribution in [0.15, 0.2) is 0 Å². The van der Waals surface area contributed by atoms with E-state index in [1.807, 2.05) is 0 Å². The van der Waals surface area contributed by atoms with Crippen LogP contribution >= 0.6 is 0 Å². The van der Waals surface area contributed by atoms with Gasteiger partial charge in [-0.3, -0.25) is 0 Å². The van der Waals surface area contributed by atoms with Crippen LogP contribution in [0.1, 0.15) is 19.8 Å². The van der Waals surface area contributed by atoms with E-state index in [1.54, 1.807) is 0 Å². The van der Waals surface area contributed by atoms with E-state index in [9.17, 15) is 0 Å². The molecule has 0 saturated carbocycles. The van der Waals surface area contributed by atoms with Crippen LogP contribution in [-0.4, -0.2) is 63.2 Å². The molecule has 3 heteroatoms. The number of likely N-dealkylation sites (N-methyl/N-ethyl adjacent to an activating group) is 1. The summed E-state index contributed by atoms with van der Waals surface area (Å²) in [6.45, 7) is 7.29. The van der Waals surface area contributed by atoms with Crippen molar-refractivity contribution in [3.63, 3.8) is 0 Å². The van der Waals surface area contributed by atoms with Crippen LogP contribution in [0.5, 0.6) is 0 Å². The summed E-state index contributed by atoms with van der Waals surface area (Å²) in [4.78, 5) is 4.86. The highest BCUT2D eigenvalue weighted by molar-refractivity contribution is 4.78. The molecule has 0 aliphatic carbocycles. The average molecular weight is 213 g/mol. The van der Waals surface area contributed by atoms with E-state index in [2.05, 4.69) is 43.2 Å². The van der Waals surface area contributed by atoms with Gasteiger partial charge in [-0.25, -0.2) is 0 Å². The Kier molecular flexibility index (Phi) is 5.58. The molecule has 1 aliphatic rings. The van der Waals surface area contributed by atoms with Gasteiger partial charge in [-0.05, 0) is 59.9 Å². The zero-order chi connectivity index (χ0) is 11.3. The Bertz CT molecular complexity index is 162. The largest absolute Gasteiger partial charge is 0.317 e. The molecule has 90 valence electrons. The first-order chi connectivity index (χ1) is 7.13. The van der Waals surface area contributed by atoms with Crippen molar-refractivity contribution in [2.45, 2.75) is 25.8 Å². The molecule has 0 amide bonds. The molecule has 0 spiro atoms. The van der Waals surface area contributed by atoms with E-state index in [0.717, 1.165) is 5.92 Å². The van der Waals surface area contributed by atoms with Gasteiger partial charge in [-0.2, -0.15) is 0 Å². The summed E-state index contributed by atoms with van der Waals surface area (Å²) >= 11 is 0. The maximum Gasteiger partial charge on any atom is 0.0109 e. The van der Waals surface area contributed by atoms with E-state index in [1.165, 1.54) is 39.0 Å². The fraction of sp³-hybridized carbons (Fsp3) is 1.00. The molecule has 1 rings (SSSR count). The van der Waals surface area contributed by atoms with Crippen LogP contribution in [0.2, 0.25) is 0 Å². The third kappa shape index (κ3) is 4.49. The van der Waals surface area contributed by atoms with Crippen molar-refractivity contribution in [1.82, 2.24) is 15.1 Å². The minimum atomic E-state index is 0.681. The second-order valence-electron chi connectivity index (χ2n) is 5.06. The molecule has 1 N–H and O–H groups in total. The smallest absolute Gasteiger partial charge is 0.0109 e. The molecule has 15 heavy (non-hydrogen) atoms. The highest BCUT2D eigenvalue weighted by Crippen LogP contribution is 2.19. The number of likely N-dealkylation sites (tertiary alicyclic amines) is 1. The third-order valence-corrected chi connectivity index (χ3v) is 3.66. The number of nitrogens with one attached hydrogen (secondary N) is 1. The molecule has 0 radical (unpaired) electrons. The van der Waals surface area contributed by atoms with E-state index in [0.29, 0.717) is 6.04 Å². The van der Waals surface area contributed by atoms with Gasteiger partial charge in [0.2, 0.25) is 0 Å². The van der Waals surface area contributed by atoms with E-state index < -0.39 is 0 Å². The predicted molar refractivity (Wildman–Crippen MR) is 66.2 cm³/mol. The van der Waals surface area contributed by atoms with Crippen molar-refractivity contribution in [3.05, 3.63) is 0 Å². The lowest BCUT2D eigenvalue weighted by Crippen LogP contribution is -2.42. The molecule has 1 saturated heterocycles. The predicted octanol–water partition coefficient (Wildman–Crippen LogP) is 0.868. The van der Waals surface area contributed by atoms with E-state index in [4.69, 9.17) is 0 Å². The van der Waals surface area contributed by atoms with Gasteiger partial charge in [0.05, 0.1) is 0 Å². The zero-order valence-corrected chi connectivity index (χ0v) is 10.8. The molecule has 1 aliphatic heterocycles. The molecule has 1 atom stereocenters.